The first kappa shape index (κ1) is 21.3. The van der Waals surface area contributed by atoms with Crippen LogP contribution in [0.1, 0.15) is 38.8 Å². The summed E-state index contributed by atoms with van der Waals surface area (Å²) in [6, 6.07) is 12.4. The molecule has 0 spiro atoms. The molecule has 6 nitrogen and oxygen atoms in total. The van der Waals surface area contributed by atoms with E-state index in [1.807, 2.05) is 39.8 Å². The number of aliphatic hydroxyl groups is 1. The van der Waals surface area contributed by atoms with Gasteiger partial charge in [-0.2, -0.15) is 0 Å². The molecule has 160 valence electrons. The lowest BCUT2D eigenvalue weighted by Crippen LogP contribution is -2.41. The van der Waals surface area contributed by atoms with Gasteiger partial charge in [-0.1, -0.05) is 24.3 Å². The van der Waals surface area contributed by atoms with Crippen molar-refractivity contribution in [2.24, 2.45) is 0 Å². The molecule has 2 aromatic rings. The predicted molar refractivity (Wildman–Crippen MR) is 120 cm³/mol. The maximum atomic E-state index is 10.5. The van der Waals surface area contributed by atoms with Gasteiger partial charge in [0, 0.05) is 32.4 Å². The molecule has 1 fully saturated rings. The van der Waals surface area contributed by atoms with E-state index in [0.717, 1.165) is 25.0 Å². The highest BCUT2D eigenvalue weighted by Crippen LogP contribution is 2.36. The highest BCUT2D eigenvalue weighted by molar-refractivity contribution is 6.62. The number of pyridine rings is 1. The molecule has 7 heteroatoms. The average Bonchev–Trinajstić information content (AvgIpc) is 2.94. The van der Waals surface area contributed by atoms with Gasteiger partial charge in [-0.25, -0.2) is 4.98 Å². The molecule has 0 saturated carbocycles. The highest BCUT2D eigenvalue weighted by atomic mass is 16.7. The molecule has 3 heterocycles. The van der Waals surface area contributed by atoms with E-state index in [-0.39, 0.29) is 11.2 Å². The van der Waals surface area contributed by atoms with Crippen molar-refractivity contribution in [3.63, 3.8) is 0 Å². The third-order valence-electron chi connectivity index (χ3n) is 6.51. The number of benzene rings is 1. The Balaban J connectivity index is 1.31. The monoisotopic (exact) mass is 409 g/mol. The Morgan fingerprint density at radius 2 is 1.83 bits per heavy atom. The van der Waals surface area contributed by atoms with Crippen LogP contribution in [0.5, 0.6) is 0 Å². The number of hydrogen-bond acceptors (Lipinski definition) is 6. The first-order valence-corrected chi connectivity index (χ1v) is 10.8. The SMILES string of the molecule is CC1(C)OB(c2ccnc(NCC(O)CN3CCc4ccccc4C3)c2)OC1(C)C. The summed E-state index contributed by atoms with van der Waals surface area (Å²) in [4.78, 5) is 6.69. The van der Waals surface area contributed by atoms with Gasteiger partial charge in [-0.15, -0.1) is 0 Å². The van der Waals surface area contributed by atoms with Gasteiger partial charge in [0.25, 0.3) is 0 Å². The molecule has 0 bridgehead atoms. The van der Waals surface area contributed by atoms with Crippen LogP contribution in [0.2, 0.25) is 0 Å². The van der Waals surface area contributed by atoms with E-state index in [4.69, 9.17) is 9.31 Å². The minimum absolute atomic E-state index is 0.377. The summed E-state index contributed by atoms with van der Waals surface area (Å²) < 4.78 is 12.3. The van der Waals surface area contributed by atoms with E-state index in [0.29, 0.717) is 18.9 Å². The van der Waals surface area contributed by atoms with Crippen molar-refractivity contribution >= 4 is 18.4 Å². The second-order valence-corrected chi connectivity index (χ2v) is 9.35. The van der Waals surface area contributed by atoms with Gasteiger partial charge in [-0.05, 0) is 62.8 Å². The maximum absolute atomic E-state index is 10.5. The number of aromatic nitrogens is 1. The molecule has 1 aromatic heterocycles. The van der Waals surface area contributed by atoms with E-state index in [1.165, 1.54) is 11.1 Å². The molecule has 30 heavy (non-hydrogen) atoms. The van der Waals surface area contributed by atoms with Crippen LogP contribution in [-0.4, -0.2) is 59.0 Å². The topological polar surface area (TPSA) is 66.8 Å². The van der Waals surface area contributed by atoms with Crippen molar-refractivity contribution < 1.29 is 14.4 Å². The van der Waals surface area contributed by atoms with Crippen LogP contribution in [-0.2, 0) is 22.3 Å². The maximum Gasteiger partial charge on any atom is 0.495 e. The minimum Gasteiger partial charge on any atom is -0.399 e. The normalized spacial score (nSPS) is 21.3. The summed E-state index contributed by atoms with van der Waals surface area (Å²) in [7, 11) is -0.420. The summed E-state index contributed by atoms with van der Waals surface area (Å²) >= 11 is 0. The van der Waals surface area contributed by atoms with Crippen LogP contribution in [0, 0.1) is 0 Å². The average molecular weight is 409 g/mol. The lowest BCUT2D eigenvalue weighted by molar-refractivity contribution is 0.00578. The molecule has 4 rings (SSSR count). The number of rotatable bonds is 6. The summed E-state index contributed by atoms with van der Waals surface area (Å²) in [6.45, 7) is 11.1. The standard InChI is InChI=1S/C23H32BN3O3/c1-22(2)23(3,4)30-24(29-22)19-9-11-25-21(13-19)26-14-20(28)16-27-12-10-17-7-5-6-8-18(17)15-27/h5-9,11,13,20,28H,10,12,14-16H2,1-4H3,(H,25,26). The molecule has 1 unspecified atom stereocenters. The number of β-amino-alcohol motifs (C(OH)–C–C–N with tert-alkyl or cyclic N) is 1. The van der Waals surface area contributed by atoms with Crippen molar-refractivity contribution in [3.05, 3.63) is 53.7 Å². The van der Waals surface area contributed by atoms with E-state index >= 15 is 0 Å². The Kier molecular flexibility index (Phi) is 5.90. The number of nitrogens with zero attached hydrogens (tertiary/aromatic N) is 2. The summed E-state index contributed by atoms with van der Waals surface area (Å²) in [6.07, 6.45) is 2.31. The number of nitrogens with one attached hydrogen (secondary N) is 1. The molecule has 0 aliphatic carbocycles. The molecule has 1 atom stereocenters. The fraction of sp³-hybridized carbons (Fsp3) is 0.522. The number of hydrogen-bond donors (Lipinski definition) is 2. The van der Waals surface area contributed by atoms with Crippen LogP contribution in [0.3, 0.4) is 0 Å². The molecule has 1 saturated heterocycles. The molecule has 2 aliphatic heterocycles. The number of anilines is 1. The van der Waals surface area contributed by atoms with E-state index < -0.39 is 13.2 Å². The summed E-state index contributed by atoms with van der Waals surface area (Å²) in [5, 5.41) is 13.8. The van der Waals surface area contributed by atoms with Gasteiger partial charge in [0.15, 0.2) is 0 Å². The molecule has 0 radical (unpaired) electrons. The number of fused-ring (bicyclic) bond motifs is 1. The fourth-order valence-electron chi connectivity index (χ4n) is 3.96. The lowest BCUT2D eigenvalue weighted by atomic mass is 9.80. The second kappa shape index (κ2) is 8.31. The van der Waals surface area contributed by atoms with Crippen molar-refractivity contribution in [1.82, 2.24) is 9.88 Å². The van der Waals surface area contributed by atoms with Crippen LogP contribution in [0.15, 0.2) is 42.6 Å². The Morgan fingerprint density at radius 1 is 1.13 bits per heavy atom. The first-order chi connectivity index (χ1) is 14.2. The number of aliphatic hydroxyl groups excluding tert-OH is 1. The van der Waals surface area contributed by atoms with Gasteiger partial charge in [0.1, 0.15) is 5.82 Å². The zero-order chi connectivity index (χ0) is 21.4. The van der Waals surface area contributed by atoms with Gasteiger partial charge >= 0.3 is 7.12 Å². The largest absolute Gasteiger partial charge is 0.495 e. The van der Waals surface area contributed by atoms with Crippen LogP contribution >= 0.6 is 0 Å². The zero-order valence-electron chi connectivity index (χ0n) is 18.4. The Labute approximate surface area is 179 Å². The third-order valence-corrected chi connectivity index (χ3v) is 6.51. The summed E-state index contributed by atoms with van der Waals surface area (Å²) in [5.74, 6) is 0.713. The van der Waals surface area contributed by atoms with E-state index in [1.54, 1.807) is 6.20 Å². The minimum atomic E-state index is -0.474. The van der Waals surface area contributed by atoms with Gasteiger partial charge in [0.05, 0.1) is 17.3 Å². The summed E-state index contributed by atoms with van der Waals surface area (Å²) in [5.41, 5.74) is 2.95. The molecular formula is C23H32BN3O3. The van der Waals surface area contributed by atoms with E-state index in [2.05, 4.69) is 39.5 Å². The van der Waals surface area contributed by atoms with Gasteiger partial charge in [-0.3, -0.25) is 4.90 Å². The lowest BCUT2D eigenvalue weighted by Gasteiger charge is -2.32. The van der Waals surface area contributed by atoms with Crippen molar-refractivity contribution in [3.8, 4) is 0 Å². The third kappa shape index (κ3) is 4.54. The van der Waals surface area contributed by atoms with Crippen molar-refractivity contribution in [2.75, 3.05) is 25.0 Å². The Hall–Kier alpha value is -1.93. The molecule has 1 aromatic carbocycles. The van der Waals surface area contributed by atoms with Gasteiger partial charge in [0.2, 0.25) is 0 Å². The van der Waals surface area contributed by atoms with Gasteiger partial charge < -0.3 is 19.7 Å². The van der Waals surface area contributed by atoms with E-state index in [9.17, 15) is 5.11 Å². The molecule has 2 aliphatic rings. The first-order valence-electron chi connectivity index (χ1n) is 10.8. The quantitative estimate of drug-likeness (QED) is 0.714. The predicted octanol–water partition coefficient (Wildman–Crippen LogP) is 2.21. The van der Waals surface area contributed by atoms with Crippen LogP contribution in [0.4, 0.5) is 5.82 Å². The zero-order valence-corrected chi connectivity index (χ0v) is 18.4. The van der Waals surface area contributed by atoms with Crippen LogP contribution < -0.4 is 10.8 Å². The van der Waals surface area contributed by atoms with Crippen LogP contribution in [0.25, 0.3) is 0 Å². The van der Waals surface area contributed by atoms with Crippen molar-refractivity contribution in [1.29, 1.82) is 0 Å². The fourth-order valence-corrected chi connectivity index (χ4v) is 3.96. The molecule has 0 amide bonds. The molecular weight excluding hydrogens is 377 g/mol. The Morgan fingerprint density at radius 3 is 2.57 bits per heavy atom. The Bertz CT molecular complexity index is 874. The van der Waals surface area contributed by atoms with Crippen molar-refractivity contribution in [2.45, 2.75) is 58.0 Å². The smallest absolute Gasteiger partial charge is 0.399 e. The molecule has 2 N–H and O–H groups in total. The highest BCUT2D eigenvalue weighted by Gasteiger charge is 2.51. The second-order valence-electron chi connectivity index (χ2n) is 9.35.